The normalized spacial score (nSPS) is 13.0. The van der Waals surface area contributed by atoms with Gasteiger partial charge in [-0.3, -0.25) is 0 Å². The first kappa shape index (κ1) is 15.3. The minimum absolute atomic E-state index is 0.426. The highest BCUT2D eigenvalue weighted by atomic mass is 35.5. The lowest BCUT2D eigenvalue weighted by Crippen LogP contribution is -1.95. The van der Waals surface area contributed by atoms with Gasteiger partial charge in [0.05, 0.1) is 0 Å². The molecular weight excluding hydrogens is 204 g/mol. The van der Waals surface area contributed by atoms with E-state index in [-0.39, 0.29) is 0 Å². The fourth-order valence-electron chi connectivity index (χ4n) is 1.88. The van der Waals surface area contributed by atoms with Crippen LogP contribution in [0.5, 0.6) is 0 Å². The molecule has 0 aromatic heterocycles. The average Bonchev–Trinajstić information content (AvgIpc) is 2.26. The summed E-state index contributed by atoms with van der Waals surface area (Å²) in [5.41, 5.74) is 0. The Hall–Kier alpha value is 0.290. The van der Waals surface area contributed by atoms with Crippen molar-refractivity contribution in [3.63, 3.8) is 0 Å². The molecule has 0 aliphatic heterocycles. The van der Waals surface area contributed by atoms with Gasteiger partial charge in [0.25, 0.3) is 0 Å². The molecule has 0 aromatic carbocycles. The summed E-state index contributed by atoms with van der Waals surface area (Å²) in [6.45, 7) is 4.45. The van der Waals surface area contributed by atoms with Crippen LogP contribution in [0.1, 0.15) is 84.5 Å². The van der Waals surface area contributed by atoms with Gasteiger partial charge in [0, 0.05) is 5.38 Å². The Morgan fingerprint density at radius 3 is 1.67 bits per heavy atom. The largest absolute Gasteiger partial charge is 0.123 e. The Kier molecular flexibility index (Phi) is 12.6. The molecule has 0 nitrogen and oxygen atoms in total. The van der Waals surface area contributed by atoms with E-state index >= 15 is 0 Å². The van der Waals surface area contributed by atoms with E-state index < -0.39 is 0 Å². The lowest BCUT2D eigenvalue weighted by atomic mass is 10.1. The third-order valence-corrected chi connectivity index (χ3v) is 3.59. The van der Waals surface area contributed by atoms with Gasteiger partial charge in [0.1, 0.15) is 0 Å². The Morgan fingerprint density at radius 2 is 1.20 bits per heavy atom. The summed E-state index contributed by atoms with van der Waals surface area (Å²) in [7, 11) is 0. The molecule has 0 saturated carbocycles. The number of unbranched alkanes of at least 4 members (excludes halogenated alkanes) is 8. The summed E-state index contributed by atoms with van der Waals surface area (Å²) < 4.78 is 0. The van der Waals surface area contributed by atoms with Gasteiger partial charge in [-0.25, -0.2) is 0 Å². The molecule has 1 atom stereocenters. The minimum atomic E-state index is 0.426. The molecule has 0 amide bonds. The summed E-state index contributed by atoms with van der Waals surface area (Å²) in [5.74, 6) is 0. The summed E-state index contributed by atoms with van der Waals surface area (Å²) in [5, 5.41) is 0.426. The van der Waals surface area contributed by atoms with Gasteiger partial charge in [0.2, 0.25) is 0 Å². The topological polar surface area (TPSA) is 0 Å². The quantitative estimate of drug-likeness (QED) is 0.306. The van der Waals surface area contributed by atoms with Crippen LogP contribution in [0.25, 0.3) is 0 Å². The number of halogens is 1. The number of rotatable bonds is 11. The van der Waals surface area contributed by atoms with Crippen LogP contribution in [0.15, 0.2) is 0 Å². The number of hydrogen-bond donors (Lipinski definition) is 0. The SMILES string of the molecule is CCCCCCCCCCCC(Cl)CC. The van der Waals surface area contributed by atoms with E-state index in [1.54, 1.807) is 0 Å². The van der Waals surface area contributed by atoms with Crippen molar-refractivity contribution in [2.45, 2.75) is 89.9 Å². The zero-order valence-electron chi connectivity index (χ0n) is 10.7. The maximum Gasteiger partial charge on any atom is 0.0333 e. The third-order valence-electron chi connectivity index (χ3n) is 3.06. The van der Waals surface area contributed by atoms with Crippen molar-refractivity contribution >= 4 is 11.6 Å². The van der Waals surface area contributed by atoms with E-state index in [0.717, 1.165) is 6.42 Å². The summed E-state index contributed by atoms with van der Waals surface area (Å²) in [6.07, 6.45) is 15.0. The van der Waals surface area contributed by atoms with Crippen molar-refractivity contribution in [1.29, 1.82) is 0 Å². The van der Waals surface area contributed by atoms with E-state index in [2.05, 4.69) is 13.8 Å². The molecule has 0 heterocycles. The fraction of sp³-hybridized carbons (Fsp3) is 1.00. The molecule has 0 aliphatic rings. The van der Waals surface area contributed by atoms with Gasteiger partial charge in [-0.05, 0) is 12.8 Å². The van der Waals surface area contributed by atoms with Gasteiger partial charge >= 0.3 is 0 Å². The highest BCUT2D eigenvalue weighted by Crippen LogP contribution is 2.14. The molecule has 0 bridgehead atoms. The monoisotopic (exact) mass is 232 g/mol. The second kappa shape index (κ2) is 12.4. The maximum atomic E-state index is 6.06. The molecule has 0 spiro atoms. The Balaban J connectivity index is 2.92. The second-order valence-electron chi connectivity index (χ2n) is 4.62. The molecule has 1 unspecified atom stereocenters. The van der Waals surface area contributed by atoms with Crippen molar-refractivity contribution in [3.8, 4) is 0 Å². The molecule has 0 fully saturated rings. The van der Waals surface area contributed by atoms with Crippen LogP contribution in [0.3, 0.4) is 0 Å². The van der Waals surface area contributed by atoms with Crippen LogP contribution in [-0.4, -0.2) is 5.38 Å². The minimum Gasteiger partial charge on any atom is -0.123 e. The molecule has 0 rings (SSSR count). The second-order valence-corrected chi connectivity index (χ2v) is 5.24. The van der Waals surface area contributed by atoms with Gasteiger partial charge in [-0.15, -0.1) is 11.6 Å². The zero-order valence-corrected chi connectivity index (χ0v) is 11.5. The predicted molar refractivity (Wildman–Crippen MR) is 71.8 cm³/mol. The smallest absolute Gasteiger partial charge is 0.0333 e. The van der Waals surface area contributed by atoms with Crippen molar-refractivity contribution in [2.24, 2.45) is 0 Å². The van der Waals surface area contributed by atoms with Crippen LogP contribution in [-0.2, 0) is 0 Å². The van der Waals surface area contributed by atoms with E-state index in [1.165, 1.54) is 64.2 Å². The van der Waals surface area contributed by atoms with Crippen molar-refractivity contribution in [1.82, 2.24) is 0 Å². The molecule has 15 heavy (non-hydrogen) atoms. The van der Waals surface area contributed by atoms with Crippen molar-refractivity contribution in [3.05, 3.63) is 0 Å². The van der Waals surface area contributed by atoms with Gasteiger partial charge < -0.3 is 0 Å². The number of hydrogen-bond acceptors (Lipinski definition) is 0. The molecule has 1 heteroatoms. The average molecular weight is 233 g/mol. The summed E-state index contributed by atoms with van der Waals surface area (Å²) in [4.78, 5) is 0. The first-order valence-electron chi connectivity index (χ1n) is 6.95. The Morgan fingerprint density at radius 1 is 0.733 bits per heavy atom. The highest BCUT2D eigenvalue weighted by Gasteiger charge is 1.99. The molecule has 0 radical (unpaired) electrons. The van der Waals surface area contributed by atoms with Crippen LogP contribution in [0.2, 0.25) is 0 Å². The lowest BCUT2D eigenvalue weighted by Gasteiger charge is -2.05. The van der Waals surface area contributed by atoms with Crippen molar-refractivity contribution < 1.29 is 0 Å². The molecular formula is C14H29Cl. The van der Waals surface area contributed by atoms with Gasteiger partial charge in [-0.1, -0.05) is 71.6 Å². The van der Waals surface area contributed by atoms with Crippen LogP contribution < -0.4 is 0 Å². The van der Waals surface area contributed by atoms with Crippen LogP contribution in [0, 0.1) is 0 Å². The first-order valence-corrected chi connectivity index (χ1v) is 7.39. The first-order chi connectivity index (χ1) is 7.31. The Bertz CT molecular complexity index is 112. The van der Waals surface area contributed by atoms with E-state index in [9.17, 15) is 0 Å². The Labute approximate surface area is 102 Å². The van der Waals surface area contributed by atoms with Crippen molar-refractivity contribution in [2.75, 3.05) is 0 Å². The molecule has 0 aliphatic carbocycles. The van der Waals surface area contributed by atoms with E-state index in [0.29, 0.717) is 5.38 Å². The molecule has 0 aromatic rings. The standard InChI is InChI=1S/C14H29Cl/c1-3-5-6-7-8-9-10-11-12-13-14(15)4-2/h14H,3-13H2,1-2H3. The third kappa shape index (κ3) is 12.2. The fourth-order valence-corrected chi connectivity index (χ4v) is 2.03. The molecule has 92 valence electrons. The highest BCUT2D eigenvalue weighted by molar-refractivity contribution is 6.20. The van der Waals surface area contributed by atoms with Crippen LogP contribution in [0.4, 0.5) is 0 Å². The molecule has 0 saturated heterocycles. The molecule has 0 N–H and O–H groups in total. The van der Waals surface area contributed by atoms with Gasteiger partial charge in [-0.2, -0.15) is 0 Å². The lowest BCUT2D eigenvalue weighted by molar-refractivity contribution is 0.549. The zero-order chi connectivity index (χ0) is 11.4. The summed E-state index contributed by atoms with van der Waals surface area (Å²) >= 11 is 6.06. The van der Waals surface area contributed by atoms with E-state index in [4.69, 9.17) is 11.6 Å². The van der Waals surface area contributed by atoms with Crippen LogP contribution >= 0.6 is 11.6 Å². The predicted octanol–water partition coefficient (Wildman–Crippen LogP) is 5.92. The van der Waals surface area contributed by atoms with Gasteiger partial charge in [0.15, 0.2) is 0 Å². The summed E-state index contributed by atoms with van der Waals surface area (Å²) in [6, 6.07) is 0. The maximum absolute atomic E-state index is 6.06. The number of alkyl halides is 1. The van der Waals surface area contributed by atoms with E-state index in [1.807, 2.05) is 0 Å².